The van der Waals surface area contributed by atoms with Crippen LogP contribution in [0.5, 0.6) is 0 Å². The van der Waals surface area contributed by atoms with Crippen LogP contribution in [0.2, 0.25) is 0 Å². The number of rotatable bonds is 5. The van der Waals surface area contributed by atoms with Crippen LogP contribution in [0.4, 0.5) is 8.78 Å². The molecule has 0 bridgehead atoms. The summed E-state index contributed by atoms with van der Waals surface area (Å²) >= 11 is 1.06. The van der Waals surface area contributed by atoms with E-state index in [1.807, 2.05) is 42.2 Å². The van der Waals surface area contributed by atoms with Gasteiger partial charge in [0.25, 0.3) is 0 Å². The van der Waals surface area contributed by atoms with Gasteiger partial charge in [-0.25, -0.2) is 8.78 Å². The number of nitrogens with two attached hydrogens (primary N) is 1. The first-order valence-corrected chi connectivity index (χ1v) is 10.0. The Morgan fingerprint density at radius 3 is 2.67 bits per heavy atom. The lowest BCUT2D eigenvalue weighted by atomic mass is 9.92. The van der Waals surface area contributed by atoms with E-state index in [1.54, 1.807) is 0 Å². The first-order valence-electron chi connectivity index (χ1n) is 9.16. The molecule has 3 nitrogen and oxygen atoms in total. The minimum absolute atomic E-state index is 0.0177. The van der Waals surface area contributed by atoms with E-state index in [4.69, 9.17) is 5.73 Å². The number of thioether (sulfide) groups is 1. The van der Waals surface area contributed by atoms with Gasteiger partial charge in [0.05, 0.1) is 0 Å². The van der Waals surface area contributed by atoms with Gasteiger partial charge in [0.2, 0.25) is 5.91 Å². The number of carbonyl (C=O) groups excluding carboxylic acids is 1. The highest BCUT2D eigenvalue weighted by Gasteiger charge is 2.32. The molecular weight excluding hydrogens is 366 g/mol. The van der Waals surface area contributed by atoms with Crippen LogP contribution in [0.1, 0.15) is 30.6 Å². The molecule has 1 heterocycles. The quantitative estimate of drug-likeness (QED) is 0.771. The smallest absolute Gasteiger partial charge is 0.240 e. The number of hydrogen-bond acceptors (Lipinski definition) is 3. The van der Waals surface area contributed by atoms with Gasteiger partial charge >= 0.3 is 0 Å². The van der Waals surface area contributed by atoms with Crippen molar-refractivity contribution in [2.45, 2.75) is 36.0 Å². The fraction of sp³-hybridized carbons (Fsp3) is 0.381. The third kappa shape index (κ3) is 4.87. The highest BCUT2D eigenvalue weighted by atomic mass is 32.2. The van der Waals surface area contributed by atoms with E-state index >= 15 is 0 Å². The lowest BCUT2D eigenvalue weighted by Gasteiger charge is -2.36. The standard InChI is InChI=1S/C21H24F2N2OS/c1-14(24)16-8-5-11-25(13-16)21(26)20(15-6-3-2-4-7-15)27-19-12-17(22)9-10-18(19)23/h2-4,6-7,9-10,12,14,16,20H,5,8,11,13,24H2,1H3. The van der Waals surface area contributed by atoms with E-state index in [9.17, 15) is 13.6 Å². The van der Waals surface area contributed by atoms with Gasteiger partial charge in [-0.1, -0.05) is 30.3 Å². The van der Waals surface area contributed by atoms with E-state index in [0.717, 1.165) is 48.4 Å². The molecule has 144 valence electrons. The van der Waals surface area contributed by atoms with Crippen LogP contribution in [0, 0.1) is 17.6 Å². The molecule has 1 fully saturated rings. The number of piperidine rings is 1. The average molecular weight is 390 g/mol. The largest absolute Gasteiger partial charge is 0.341 e. The summed E-state index contributed by atoms with van der Waals surface area (Å²) < 4.78 is 27.8. The van der Waals surface area contributed by atoms with Crippen molar-refractivity contribution < 1.29 is 13.6 Å². The second-order valence-corrected chi connectivity index (χ2v) is 8.18. The maximum absolute atomic E-state index is 14.2. The van der Waals surface area contributed by atoms with E-state index in [2.05, 4.69) is 0 Å². The summed E-state index contributed by atoms with van der Waals surface area (Å²) in [6.45, 7) is 3.23. The summed E-state index contributed by atoms with van der Waals surface area (Å²) in [6.07, 6.45) is 1.90. The minimum Gasteiger partial charge on any atom is -0.341 e. The Balaban J connectivity index is 1.88. The Hall–Kier alpha value is -1.92. The lowest BCUT2D eigenvalue weighted by molar-refractivity contribution is -0.132. The normalized spacial score (nSPS) is 19.6. The molecule has 1 aliphatic heterocycles. The van der Waals surface area contributed by atoms with E-state index in [1.165, 1.54) is 0 Å². The van der Waals surface area contributed by atoms with Crippen molar-refractivity contribution in [1.29, 1.82) is 0 Å². The Morgan fingerprint density at radius 1 is 1.22 bits per heavy atom. The summed E-state index contributed by atoms with van der Waals surface area (Å²) in [7, 11) is 0. The maximum atomic E-state index is 14.2. The summed E-state index contributed by atoms with van der Waals surface area (Å²) in [4.78, 5) is 15.3. The first-order chi connectivity index (χ1) is 13.0. The summed E-state index contributed by atoms with van der Waals surface area (Å²) in [5.41, 5.74) is 6.82. The molecule has 1 amide bonds. The zero-order chi connectivity index (χ0) is 19.4. The lowest BCUT2D eigenvalue weighted by Crippen LogP contribution is -2.46. The zero-order valence-corrected chi connectivity index (χ0v) is 16.1. The highest BCUT2D eigenvalue weighted by molar-refractivity contribution is 8.00. The van der Waals surface area contributed by atoms with Crippen LogP contribution in [-0.2, 0) is 4.79 Å². The second-order valence-electron chi connectivity index (χ2n) is 7.03. The van der Waals surface area contributed by atoms with Crippen LogP contribution in [-0.4, -0.2) is 29.9 Å². The molecule has 0 saturated carbocycles. The van der Waals surface area contributed by atoms with Crippen molar-refractivity contribution in [1.82, 2.24) is 4.90 Å². The van der Waals surface area contributed by atoms with E-state index < -0.39 is 16.9 Å². The van der Waals surface area contributed by atoms with Gasteiger partial charge in [-0.2, -0.15) is 0 Å². The van der Waals surface area contributed by atoms with Crippen LogP contribution in [0.25, 0.3) is 0 Å². The fourth-order valence-corrected chi connectivity index (χ4v) is 4.55. The number of carbonyl (C=O) groups is 1. The van der Waals surface area contributed by atoms with E-state index in [-0.39, 0.29) is 22.8 Å². The molecule has 3 rings (SSSR count). The van der Waals surface area contributed by atoms with Crippen molar-refractivity contribution in [3.63, 3.8) is 0 Å². The summed E-state index contributed by atoms with van der Waals surface area (Å²) in [5, 5.41) is -0.630. The predicted octanol–water partition coefficient (Wildman–Crippen LogP) is 4.38. The monoisotopic (exact) mass is 390 g/mol. The molecule has 27 heavy (non-hydrogen) atoms. The molecule has 0 spiro atoms. The van der Waals surface area contributed by atoms with Gasteiger partial charge in [-0.15, -0.1) is 11.8 Å². The fourth-order valence-electron chi connectivity index (χ4n) is 3.39. The molecule has 1 aliphatic rings. The highest BCUT2D eigenvalue weighted by Crippen LogP contribution is 2.39. The summed E-state index contributed by atoms with van der Waals surface area (Å²) in [6, 6.07) is 12.6. The number of hydrogen-bond donors (Lipinski definition) is 1. The van der Waals surface area contributed by atoms with Crippen molar-refractivity contribution in [2.24, 2.45) is 11.7 Å². The van der Waals surface area contributed by atoms with Gasteiger partial charge in [-0.3, -0.25) is 4.79 Å². The average Bonchev–Trinajstić information content (AvgIpc) is 2.69. The molecule has 2 aromatic rings. The predicted molar refractivity (Wildman–Crippen MR) is 104 cm³/mol. The molecule has 3 unspecified atom stereocenters. The van der Waals surface area contributed by atoms with Gasteiger partial charge in [0.1, 0.15) is 16.9 Å². The van der Waals surface area contributed by atoms with Gasteiger partial charge < -0.3 is 10.6 Å². The Morgan fingerprint density at radius 2 is 1.96 bits per heavy atom. The van der Waals surface area contributed by atoms with Crippen LogP contribution >= 0.6 is 11.8 Å². The first kappa shape index (κ1) is 19.8. The molecule has 0 aliphatic carbocycles. The maximum Gasteiger partial charge on any atom is 0.240 e. The molecular formula is C21H24F2N2OS. The van der Waals surface area contributed by atoms with E-state index in [0.29, 0.717) is 13.1 Å². The van der Waals surface area contributed by atoms with Crippen LogP contribution in [0.15, 0.2) is 53.4 Å². The Labute approximate surface area is 162 Å². The van der Waals surface area contributed by atoms with Crippen molar-refractivity contribution in [3.8, 4) is 0 Å². The number of benzene rings is 2. The molecule has 0 aromatic heterocycles. The minimum atomic E-state index is -0.630. The SMILES string of the molecule is CC(N)C1CCCN(C(=O)C(Sc2cc(F)ccc2F)c2ccccc2)C1. The number of halogens is 2. The molecule has 0 radical (unpaired) electrons. The summed E-state index contributed by atoms with van der Waals surface area (Å²) in [5.74, 6) is -0.870. The van der Waals surface area contributed by atoms with Gasteiger partial charge in [0.15, 0.2) is 0 Å². The molecule has 6 heteroatoms. The van der Waals surface area contributed by atoms with Gasteiger partial charge in [0, 0.05) is 24.0 Å². The molecule has 2 aromatic carbocycles. The Bertz CT molecular complexity index is 785. The van der Waals surface area contributed by atoms with Crippen LogP contribution < -0.4 is 5.73 Å². The number of likely N-dealkylation sites (tertiary alicyclic amines) is 1. The molecule has 3 atom stereocenters. The van der Waals surface area contributed by atoms with Crippen molar-refractivity contribution in [3.05, 3.63) is 65.7 Å². The van der Waals surface area contributed by atoms with Crippen molar-refractivity contribution in [2.75, 3.05) is 13.1 Å². The Kier molecular flexibility index (Phi) is 6.50. The third-order valence-electron chi connectivity index (χ3n) is 4.98. The third-order valence-corrected chi connectivity index (χ3v) is 6.25. The topological polar surface area (TPSA) is 46.3 Å². The van der Waals surface area contributed by atoms with Crippen LogP contribution in [0.3, 0.4) is 0 Å². The second kappa shape index (κ2) is 8.85. The van der Waals surface area contributed by atoms with Gasteiger partial charge in [-0.05, 0) is 49.4 Å². The van der Waals surface area contributed by atoms with Crippen molar-refractivity contribution >= 4 is 17.7 Å². The molecule has 2 N–H and O–H groups in total. The number of nitrogens with zero attached hydrogens (tertiary/aromatic N) is 1. The number of amides is 1. The molecule has 1 saturated heterocycles. The zero-order valence-electron chi connectivity index (χ0n) is 15.3.